The molecule has 0 saturated carbocycles. The first-order valence-electron chi connectivity index (χ1n) is 7.68. The van der Waals surface area contributed by atoms with Crippen LogP contribution in [0.25, 0.3) is 0 Å². The second-order valence-corrected chi connectivity index (χ2v) is 6.63. The number of aliphatic carboxylic acids is 1. The summed E-state index contributed by atoms with van der Waals surface area (Å²) in [5.41, 5.74) is 0.730. The molecule has 5 heteroatoms. The van der Waals surface area contributed by atoms with E-state index in [1.807, 2.05) is 18.2 Å². The molecule has 1 aromatic carbocycles. The van der Waals surface area contributed by atoms with Crippen molar-refractivity contribution in [3.8, 4) is 0 Å². The number of likely N-dealkylation sites (tertiary alicyclic amines) is 1. The lowest BCUT2D eigenvalue weighted by molar-refractivity contribution is -0.152. The summed E-state index contributed by atoms with van der Waals surface area (Å²) in [5, 5.41) is 10.1. The van der Waals surface area contributed by atoms with Crippen LogP contribution in [0.2, 0.25) is 5.02 Å². The van der Waals surface area contributed by atoms with Gasteiger partial charge in [0.15, 0.2) is 0 Å². The molecule has 22 heavy (non-hydrogen) atoms. The van der Waals surface area contributed by atoms with Crippen LogP contribution >= 0.6 is 11.6 Å². The van der Waals surface area contributed by atoms with E-state index in [2.05, 4.69) is 13.8 Å². The van der Waals surface area contributed by atoms with Crippen LogP contribution < -0.4 is 0 Å². The number of carbonyl (C=O) groups is 2. The summed E-state index contributed by atoms with van der Waals surface area (Å²) in [6.45, 7) is 4.75. The van der Waals surface area contributed by atoms with Gasteiger partial charge < -0.3 is 10.0 Å². The van der Waals surface area contributed by atoms with E-state index in [-0.39, 0.29) is 12.3 Å². The highest BCUT2D eigenvalue weighted by atomic mass is 35.5. The predicted molar refractivity (Wildman–Crippen MR) is 85.7 cm³/mol. The van der Waals surface area contributed by atoms with Crippen LogP contribution in [-0.2, 0) is 9.59 Å². The summed E-state index contributed by atoms with van der Waals surface area (Å²) in [7, 11) is 0. The van der Waals surface area contributed by atoms with Crippen molar-refractivity contribution in [1.29, 1.82) is 0 Å². The molecular formula is C17H22ClNO3. The fourth-order valence-electron chi connectivity index (χ4n) is 2.97. The third-order valence-electron chi connectivity index (χ3n) is 4.19. The van der Waals surface area contributed by atoms with E-state index >= 15 is 0 Å². The average Bonchev–Trinajstić information content (AvgIpc) is 2.45. The minimum Gasteiger partial charge on any atom is -0.481 e. The number of benzene rings is 1. The largest absolute Gasteiger partial charge is 0.481 e. The van der Waals surface area contributed by atoms with Crippen LogP contribution in [-0.4, -0.2) is 28.4 Å². The third kappa shape index (κ3) is 3.61. The van der Waals surface area contributed by atoms with Crippen molar-refractivity contribution in [2.75, 3.05) is 6.54 Å². The maximum absolute atomic E-state index is 12.4. The van der Waals surface area contributed by atoms with Crippen LogP contribution in [0.15, 0.2) is 24.3 Å². The molecule has 120 valence electrons. The Morgan fingerprint density at radius 2 is 2.09 bits per heavy atom. The van der Waals surface area contributed by atoms with Gasteiger partial charge in [0.2, 0.25) is 5.91 Å². The Kier molecular flexibility index (Phi) is 5.46. The smallest absolute Gasteiger partial charge is 0.308 e. The number of piperidine rings is 1. The van der Waals surface area contributed by atoms with Crippen LogP contribution in [0.3, 0.4) is 0 Å². The summed E-state index contributed by atoms with van der Waals surface area (Å²) in [5.74, 6) is -1.01. The summed E-state index contributed by atoms with van der Waals surface area (Å²) in [6, 6.07) is 6.73. The standard InChI is InChI=1S/C17H22ClNO3/c1-11(2)9-10-19-15(20)8-7-13(17(21)22)16(19)12-5-3-4-6-14(12)18/h3-6,11,13,16H,7-10H2,1-2H3,(H,21,22). The van der Waals surface area contributed by atoms with Crippen LogP contribution in [0.4, 0.5) is 0 Å². The molecule has 0 bridgehead atoms. The van der Waals surface area contributed by atoms with E-state index in [0.29, 0.717) is 23.9 Å². The Bertz CT molecular complexity index is 559. The fourth-order valence-corrected chi connectivity index (χ4v) is 3.22. The second-order valence-electron chi connectivity index (χ2n) is 6.22. The lowest BCUT2D eigenvalue weighted by atomic mass is 9.84. The molecule has 2 atom stereocenters. The van der Waals surface area contributed by atoms with Crippen LogP contribution in [0.5, 0.6) is 0 Å². The topological polar surface area (TPSA) is 57.6 Å². The molecule has 0 radical (unpaired) electrons. The zero-order valence-corrected chi connectivity index (χ0v) is 13.7. The lowest BCUT2D eigenvalue weighted by Crippen LogP contribution is -2.46. The van der Waals surface area contributed by atoms with Crippen LogP contribution in [0, 0.1) is 11.8 Å². The van der Waals surface area contributed by atoms with Gasteiger partial charge in [0.1, 0.15) is 0 Å². The third-order valence-corrected chi connectivity index (χ3v) is 4.54. The molecule has 0 spiro atoms. The molecule has 1 saturated heterocycles. The Morgan fingerprint density at radius 3 is 2.68 bits per heavy atom. The summed E-state index contributed by atoms with van der Waals surface area (Å²) in [6.07, 6.45) is 1.50. The Balaban J connectivity index is 2.39. The SMILES string of the molecule is CC(C)CCN1C(=O)CCC(C(=O)O)C1c1ccccc1Cl. The van der Waals surface area contributed by atoms with Gasteiger partial charge in [0.05, 0.1) is 12.0 Å². The van der Waals surface area contributed by atoms with Crippen molar-refractivity contribution < 1.29 is 14.7 Å². The molecule has 4 nitrogen and oxygen atoms in total. The first kappa shape index (κ1) is 16.8. The van der Waals surface area contributed by atoms with E-state index in [1.165, 1.54) is 0 Å². The van der Waals surface area contributed by atoms with E-state index in [1.54, 1.807) is 11.0 Å². The van der Waals surface area contributed by atoms with E-state index in [9.17, 15) is 14.7 Å². The highest BCUT2D eigenvalue weighted by molar-refractivity contribution is 6.31. The van der Waals surface area contributed by atoms with Gasteiger partial charge in [0.25, 0.3) is 0 Å². The molecule has 1 heterocycles. The number of halogens is 1. The van der Waals surface area contributed by atoms with Crippen molar-refractivity contribution in [2.45, 2.75) is 39.2 Å². The highest BCUT2D eigenvalue weighted by Crippen LogP contribution is 2.39. The average molecular weight is 324 g/mol. The molecule has 1 aromatic rings. The van der Waals surface area contributed by atoms with Gasteiger partial charge in [-0.1, -0.05) is 43.6 Å². The summed E-state index contributed by atoms with van der Waals surface area (Å²) < 4.78 is 0. The van der Waals surface area contributed by atoms with Crippen molar-refractivity contribution in [1.82, 2.24) is 4.90 Å². The number of rotatable bonds is 5. The molecule has 1 fully saturated rings. The minimum atomic E-state index is -0.869. The maximum Gasteiger partial charge on any atom is 0.308 e. The monoisotopic (exact) mass is 323 g/mol. The van der Waals surface area contributed by atoms with Gasteiger partial charge in [-0.2, -0.15) is 0 Å². The number of amides is 1. The van der Waals surface area contributed by atoms with Crippen molar-refractivity contribution in [3.63, 3.8) is 0 Å². The molecular weight excluding hydrogens is 302 g/mol. The van der Waals surface area contributed by atoms with Gasteiger partial charge in [-0.15, -0.1) is 0 Å². The second kappa shape index (κ2) is 7.14. The van der Waals surface area contributed by atoms with Crippen LogP contribution in [0.1, 0.15) is 44.7 Å². The van der Waals surface area contributed by atoms with E-state index in [0.717, 1.165) is 12.0 Å². The summed E-state index contributed by atoms with van der Waals surface area (Å²) >= 11 is 6.27. The molecule has 1 aliphatic heterocycles. The highest BCUT2D eigenvalue weighted by Gasteiger charge is 2.41. The van der Waals surface area contributed by atoms with Gasteiger partial charge in [-0.3, -0.25) is 9.59 Å². The van der Waals surface area contributed by atoms with Crippen molar-refractivity contribution >= 4 is 23.5 Å². The molecule has 1 amide bonds. The van der Waals surface area contributed by atoms with Crippen molar-refractivity contribution in [2.24, 2.45) is 11.8 Å². The quantitative estimate of drug-likeness (QED) is 0.897. The van der Waals surface area contributed by atoms with Gasteiger partial charge in [-0.05, 0) is 30.4 Å². The van der Waals surface area contributed by atoms with E-state index < -0.39 is 17.9 Å². The Labute approximate surface area is 136 Å². The molecule has 1 aliphatic rings. The van der Waals surface area contributed by atoms with E-state index in [4.69, 9.17) is 11.6 Å². The Morgan fingerprint density at radius 1 is 1.41 bits per heavy atom. The normalized spacial score (nSPS) is 22.2. The first-order valence-corrected chi connectivity index (χ1v) is 8.06. The number of hydrogen-bond acceptors (Lipinski definition) is 2. The van der Waals surface area contributed by atoms with Gasteiger partial charge in [-0.25, -0.2) is 0 Å². The Hall–Kier alpha value is -1.55. The molecule has 1 N–H and O–H groups in total. The van der Waals surface area contributed by atoms with Gasteiger partial charge in [0, 0.05) is 18.0 Å². The minimum absolute atomic E-state index is 0.0167. The molecule has 2 rings (SSSR count). The number of hydrogen-bond donors (Lipinski definition) is 1. The van der Waals surface area contributed by atoms with Gasteiger partial charge >= 0.3 is 5.97 Å². The number of nitrogens with zero attached hydrogens (tertiary/aromatic N) is 1. The zero-order valence-electron chi connectivity index (χ0n) is 13.0. The number of carboxylic acid groups (broad SMARTS) is 1. The summed E-state index contributed by atoms with van der Waals surface area (Å²) in [4.78, 5) is 25.7. The molecule has 0 aromatic heterocycles. The number of carboxylic acids is 1. The maximum atomic E-state index is 12.4. The molecule has 0 aliphatic carbocycles. The number of carbonyl (C=O) groups excluding carboxylic acids is 1. The fraction of sp³-hybridized carbons (Fsp3) is 0.529. The molecule has 2 unspecified atom stereocenters. The lowest BCUT2D eigenvalue weighted by Gasteiger charge is -2.40. The van der Waals surface area contributed by atoms with Crippen molar-refractivity contribution in [3.05, 3.63) is 34.9 Å². The first-order chi connectivity index (χ1) is 10.4. The zero-order chi connectivity index (χ0) is 16.3. The predicted octanol–water partition coefficient (Wildman–Crippen LogP) is 3.75.